The van der Waals surface area contributed by atoms with Gasteiger partial charge in [0, 0.05) is 18.8 Å². The Bertz CT molecular complexity index is 737. The predicted molar refractivity (Wildman–Crippen MR) is 91.9 cm³/mol. The van der Waals surface area contributed by atoms with Crippen LogP contribution in [-0.2, 0) is 4.79 Å². The largest absolute Gasteiger partial charge is 0.459 e. The van der Waals surface area contributed by atoms with Crippen molar-refractivity contribution in [1.29, 1.82) is 0 Å². The number of nitrogens with one attached hydrogen (secondary N) is 1. The van der Waals surface area contributed by atoms with Crippen LogP contribution in [0.1, 0.15) is 34.5 Å². The number of anilines is 1. The standard InChI is InChI=1S/C19H22N2O3/c1-13-7-8-14(2)16(11-13)20-18(22)15-5-3-9-21(12-15)19(23)17-6-4-10-24-17/h4,6-8,10-11,15H,3,5,9,12H2,1-2H3,(H,20,22)/t15-/m0/s1. The Morgan fingerprint density at radius 1 is 1.25 bits per heavy atom. The zero-order chi connectivity index (χ0) is 17.1. The van der Waals surface area contributed by atoms with E-state index in [1.165, 1.54) is 6.26 Å². The highest BCUT2D eigenvalue weighted by Crippen LogP contribution is 2.22. The number of piperidine rings is 1. The van der Waals surface area contributed by atoms with Gasteiger partial charge in [0.15, 0.2) is 5.76 Å². The quantitative estimate of drug-likeness (QED) is 0.940. The molecule has 1 aromatic heterocycles. The number of aryl methyl sites for hydroxylation is 2. The van der Waals surface area contributed by atoms with Crippen LogP contribution in [0.25, 0.3) is 0 Å². The van der Waals surface area contributed by atoms with Crippen molar-refractivity contribution in [3.63, 3.8) is 0 Å². The summed E-state index contributed by atoms with van der Waals surface area (Å²) in [4.78, 5) is 26.7. The van der Waals surface area contributed by atoms with Crippen LogP contribution in [0.5, 0.6) is 0 Å². The second-order valence-corrected chi connectivity index (χ2v) is 6.38. The van der Waals surface area contributed by atoms with Crippen LogP contribution < -0.4 is 5.32 Å². The lowest BCUT2D eigenvalue weighted by Gasteiger charge is -2.31. The molecule has 1 aromatic carbocycles. The Morgan fingerprint density at radius 3 is 2.83 bits per heavy atom. The predicted octanol–water partition coefficient (Wildman–Crippen LogP) is 3.39. The smallest absolute Gasteiger partial charge is 0.289 e. The van der Waals surface area contributed by atoms with Gasteiger partial charge in [-0.15, -0.1) is 0 Å². The van der Waals surface area contributed by atoms with Crippen molar-refractivity contribution in [1.82, 2.24) is 4.90 Å². The first-order chi connectivity index (χ1) is 11.5. The second-order valence-electron chi connectivity index (χ2n) is 6.38. The van der Waals surface area contributed by atoms with Crippen LogP contribution in [0.4, 0.5) is 5.69 Å². The second kappa shape index (κ2) is 6.91. The van der Waals surface area contributed by atoms with Gasteiger partial charge in [0.05, 0.1) is 12.2 Å². The van der Waals surface area contributed by atoms with Crippen molar-refractivity contribution in [2.24, 2.45) is 5.92 Å². The molecule has 1 aliphatic heterocycles. The maximum absolute atomic E-state index is 12.6. The minimum atomic E-state index is -0.197. The van der Waals surface area contributed by atoms with Gasteiger partial charge in [-0.3, -0.25) is 9.59 Å². The van der Waals surface area contributed by atoms with Gasteiger partial charge >= 0.3 is 0 Å². The van der Waals surface area contributed by atoms with E-state index in [4.69, 9.17) is 4.42 Å². The first-order valence-electron chi connectivity index (χ1n) is 8.25. The van der Waals surface area contributed by atoms with E-state index in [2.05, 4.69) is 5.32 Å². The number of amides is 2. The summed E-state index contributed by atoms with van der Waals surface area (Å²) in [5.41, 5.74) is 2.98. The zero-order valence-electron chi connectivity index (χ0n) is 14.0. The molecule has 0 bridgehead atoms. The van der Waals surface area contributed by atoms with Crippen LogP contribution in [0.3, 0.4) is 0 Å². The summed E-state index contributed by atoms with van der Waals surface area (Å²) in [6.45, 7) is 5.06. The van der Waals surface area contributed by atoms with Gasteiger partial charge in [0.2, 0.25) is 5.91 Å². The van der Waals surface area contributed by atoms with Gasteiger partial charge < -0.3 is 14.6 Å². The fraction of sp³-hybridized carbons (Fsp3) is 0.368. The van der Waals surface area contributed by atoms with E-state index < -0.39 is 0 Å². The van der Waals surface area contributed by atoms with Gasteiger partial charge in [-0.05, 0) is 56.0 Å². The Labute approximate surface area is 141 Å². The molecule has 1 saturated heterocycles. The number of likely N-dealkylation sites (tertiary alicyclic amines) is 1. The number of carbonyl (C=O) groups excluding carboxylic acids is 2. The monoisotopic (exact) mass is 326 g/mol. The molecule has 126 valence electrons. The van der Waals surface area contributed by atoms with E-state index >= 15 is 0 Å². The van der Waals surface area contributed by atoms with Gasteiger partial charge in [-0.25, -0.2) is 0 Å². The highest BCUT2D eigenvalue weighted by Gasteiger charge is 2.30. The lowest BCUT2D eigenvalue weighted by atomic mass is 9.96. The van der Waals surface area contributed by atoms with Gasteiger partial charge in [-0.1, -0.05) is 12.1 Å². The van der Waals surface area contributed by atoms with Crippen LogP contribution >= 0.6 is 0 Å². The maximum atomic E-state index is 12.6. The molecule has 0 unspecified atom stereocenters. The molecule has 1 atom stereocenters. The molecule has 1 fully saturated rings. The van der Waals surface area contributed by atoms with Crippen molar-refractivity contribution < 1.29 is 14.0 Å². The highest BCUT2D eigenvalue weighted by molar-refractivity contribution is 5.95. The Hall–Kier alpha value is -2.56. The SMILES string of the molecule is Cc1ccc(C)c(NC(=O)[C@H]2CCCN(C(=O)c3ccco3)C2)c1. The van der Waals surface area contributed by atoms with Crippen LogP contribution in [0.2, 0.25) is 0 Å². The molecule has 0 spiro atoms. The summed E-state index contributed by atoms with van der Waals surface area (Å²) >= 11 is 0. The van der Waals surface area contributed by atoms with Crippen molar-refractivity contribution >= 4 is 17.5 Å². The van der Waals surface area contributed by atoms with Crippen molar-refractivity contribution in [2.45, 2.75) is 26.7 Å². The number of hydrogen-bond donors (Lipinski definition) is 1. The summed E-state index contributed by atoms with van der Waals surface area (Å²) in [5, 5.41) is 3.01. The number of carbonyl (C=O) groups is 2. The molecule has 2 heterocycles. The Balaban J connectivity index is 1.67. The van der Waals surface area contributed by atoms with Crippen molar-refractivity contribution in [2.75, 3.05) is 18.4 Å². The minimum absolute atomic E-state index is 0.0272. The van der Waals surface area contributed by atoms with Gasteiger partial charge in [0.1, 0.15) is 0 Å². The molecular weight excluding hydrogens is 304 g/mol. The molecule has 0 aliphatic carbocycles. The Kier molecular flexibility index (Phi) is 4.69. The molecule has 24 heavy (non-hydrogen) atoms. The number of rotatable bonds is 3. The molecule has 1 N–H and O–H groups in total. The first-order valence-corrected chi connectivity index (χ1v) is 8.25. The molecule has 0 radical (unpaired) electrons. The fourth-order valence-electron chi connectivity index (χ4n) is 3.04. The molecule has 5 heteroatoms. The van der Waals surface area contributed by atoms with Crippen LogP contribution in [0, 0.1) is 19.8 Å². The molecule has 2 amide bonds. The Morgan fingerprint density at radius 2 is 2.08 bits per heavy atom. The summed E-state index contributed by atoms with van der Waals surface area (Å²) in [6.07, 6.45) is 3.10. The third-order valence-corrected chi connectivity index (χ3v) is 4.46. The van der Waals surface area contributed by atoms with Crippen molar-refractivity contribution in [3.05, 3.63) is 53.5 Å². The average Bonchev–Trinajstić information content (AvgIpc) is 3.12. The lowest BCUT2D eigenvalue weighted by molar-refractivity contribution is -0.121. The maximum Gasteiger partial charge on any atom is 0.289 e. The number of benzene rings is 1. The molecule has 5 nitrogen and oxygen atoms in total. The normalized spacial score (nSPS) is 17.6. The third-order valence-electron chi connectivity index (χ3n) is 4.46. The molecule has 0 saturated carbocycles. The van der Waals surface area contributed by atoms with E-state index in [1.807, 2.05) is 32.0 Å². The van der Waals surface area contributed by atoms with E-state index in [-0.39, 0.29) is 17.7 Å². The number of nitrogens with zero attached hydrogens (tertiary/aromatic N) is 1. The summed E-state index contributed by atoms with van der Waals surface area (Å²) < 4.78 is 5.18. The average molecular weight is 326 g/mol. The van der Waals surface area contributed by atoms with Gasteiger partial charge in [-0.2, -0.15) is 0 Å². The van der Waals surface area contributed by atoms with Gasteiger partial charge in [0.25, 0.3) is 5.91 Å². The number of hydrogen-bond acceptors (Lipinski definition) is 3. The summed E-state index contributed by atoms with van der Waals surface area (Å²) in [5.74, 6) is -0.0481. The highest BCUT2D eigenvalue weighted by atomic mass is 16.3. The molecule has 2 aromatic rings. The molecular formula is C19H22N2O3. The van der Waals surface area contributed by atoms with E-state index in [0.29, 0.717) is 18.8 Å². The topological polar surface area (TPSA) is 62.6 Å². The van der Waals surface area contributed by atoms with E-state index in [9.17, 15) is 9.59 Å². The summed E-state index contributed by atoms with van der Waals surface area (Å²) in [6, 6.07) is 9.35. The summed E-state index contributed by atoms with van der Waals surface area (Å²) in [7, 11) is 0. The van der Waals surface area contributed by atoms with Crippen LogP contribution in [-0.4, -0.2) is 29.8 Å². The van der Waals surface area contributed by atoms with Crippen LogP contribution in [0.15, 0.2) is 41.0 Å². The van der Waals surface area contributed by atoms with E-state index in [0.717, 1.165) is 29.7 Å². The van der Waals surface area contributed by atoms with E-state index in [1.54, 1.807) is 17.0 Å². The molecule has 3 rings (SSSR count). The lowest BCUT2D eigenvalue weighted by Crippen LogP contribution is -2.43. The molecule has 1 aliphatic rings. The number of furan rings is 1. The van der Waals surface area contributed by atoms with Crippen molar-refractivity contribution in [3.8, 4) is 0 Å². The first kappa shape index (κ1) is 16.3. The zero-order valence-corrected chi connectivity index (χ0v) is 14.0. The third kappa shape index (κ3) is 3.50. The minimum Gasteiger partial charge on any atom is -0.459 e. The fourth-order valence-corrected chi connectivity index (χ4v) is 3.04.